The fraction of sp³-hybridized carbons (Fsp3) is 0.188. The first-order chi connectivity index (χ1) is 10.1. The third kappa shape index (κ3) is 3.14. The molecule has 1 amide bonds. The Bertz CT molecular complexity index is 656. The van der Waals surface area contributed by atoms with Gasteiger partial charge in [-0.15, -0.1) is 0 Å². The van der Waals surface area contributed by atoms with Crippen molar-refractivity contribution in [3.05, 3.63) is 53.6 Å². The van der Waals surface area contributed by atoms with Gasteiger partial charge in [0.15, 0.2) is 0 Å². The summed E-state index contributed by atoms with van der Waals surface area (Å²) in [7, 11) is 3.31. The summed E-state index contributed by atoms with van der Waals surface area (Å²) >= 11 is 0. The third-order valence-electron chi connectivity index (χ3n) is 3.31. The molecule has 0 radical (unpaired) electrons. The zero-order chi connectivity index (χ0) is 15.4. The van der Waals surface area contributed by atoms with E-state index in [1.54, 1.807) is 25.1 Å². The highest BCUT2D eigenvalue weighted by Gasteiger charge is 2.17. The molecule has 0 aliphatic rings. The number of benzene rings is 2. The number of rotatable bonds is 4. The summed E-state index contributed by atoms with van der Waals surface area (Å²) in [6.45, 7) is 1.95. The second kappa shape index (κ2) is 6.28. The SMILES string of the molecule is COc1cccc(N(C)C(=O)c2ccc(C)cc2NN)c1. The van der Waals surface area contributed by atoms with E-state index >= 15 is 0 Å². The topological polar surface area (TPSA) is 67.6 Å². The number of aryl methyl sites for hydroxylation is 1. The monoisotopic (exact) mass is 285 g/mol. The quantitative estimate of drug-likeness (QED) is 0.669. The summed E-state index contributed by atoms with van der Waals surface area (Å²) in [6.07, 6.45) is 0. The first-order valence-electron chi connectivity index (χ1n) is 6.56. The van der Waals surface area contributed by atoms with Gasteiger partial charge in [-0.1, -0.05) is 12.1 Å². The van der Waals surface area contributed by atoms with Crippen molar-refractivity contribution in [1.29, 1.82) is 0 Å². The summed E-state index contributed by atoms with van der Waals surface area (Å²) in [6, 6.07) is 12.8. The highest BCUT2D eigenvalue weighted by molar-refractivity contribution is 6.09. The summed E-state index contributed by atoms with van der Waals surface area (Å²) in [4.78, 5) is 14.2. The van der Waals surface area contributed by atoms with Gasteiger partial charge in [0, 0.05) is 18.8 Å². The van der Waals surface area contributed by atoms with Crippen molar-refractivity contribution < 1.29 is 9.53 Å². The smallest absolute Gasteiger partial charge is 0.260 e. The number of hydrogen-bond acceptors (Lipinski definition) is 4. The van der Waals surface area contributed by atoms with E-state index in [-0.39, 0.29) is 5.91 Å². The van der Waals surface area contributed by atoms with Gasteiger partial charge in [0.2, 0.25) is 0 Å². The number of hydrazine groups is 1. The van der Waals surface area contributed by atoms with Crippen LogP contribution in [0.5, 0.6) is 5.75 Å². The Morgan fingerprint density at radius 2 is 2.00 bits per heavy atom. The van der Waals surface area contributed by atoms with Crippen LogP contribution in [0.15, 0.2) is 42.5 Å². The molecule has 0 saturated carbocycles. The maximum atomic E-state index is 12.6. The second-order valence-electron chi connectivity index (χ2n) is 4.76. The van der Waals surface area contributed by atoms with Crippen LogP contribution in [0.2, 0.25) is 0 Å². The maximum absolute atomic E-state index is 12.6. The highest BCUT2D eigenvalue weighted by atomic mass is 16.5. The zero-order valence-electron chi connectivity index (χ0n) is 12.4. The molecule has 2 rings (SSSR count). The summed E-state index contributed by atoms with van der Waals surface area (Å²) in [5, 5.41) is 0. The van der Waals surface area contributed by atoms with E-state index < -0.39 is 0 Å². The first-order valence-corrected chi connectivity index (χ1v) is 6.56. The number of carbonyl (C=O) groups is 1. The lowest BCUT2D eigenvalue weighted by molar-refractivity contribution is 0.0993. The van der Waals surface area contributed by atoms with Crippen LogP contribution in [-0.2, 0) is 0 Å². The number of nitrogen functional groups attached to an aromatic ring is 1. The third-order valence-corrected chi connectivity index (χ3v) is 3.31. The molecule has 0 aliphatic carbocycles. The molecule has 2 aromatic rings. The first kappa shape index (κ1) is 14.9. The predicted molar refractivity (Wildman–Crippen MR) is 84.7 cm³/mol. The van der Waals surface area contributed by atoms with Crippen LogP contribution >= 0.6 is 0 Å². The van der Waals surface area contributed by atoms with Crippen LogP contribution in [0.1, 0.15) is 15.9 Å². The number of hydrogen-bond donors (Lipinski definition) is 2. The minimum atomic E-state index is -0.142. The molecule has 0 fully saturated rings. The summed E-state index contributed by atoms with van der Waals surface area (Å²) in [5.41, 5.74) is 5.49. The van der Waals surface area contributed by atoms with Gasteiger partial charge in [0.25, 0.3) is 5.91 Å². The second-order valence-corrected chi connectivity index (χ2v) is 4.76. The van der Waals surface area contributed by atoms with Gasteiger partial charge in [0.1, 0.15) is 5.75 Å². The minimum Gasteiger partial charge on any atom is -0.497 e. The Balaban J connectivity index is 2.34. The molecular weight excluding hydrogens is 266 g/mol. The van der Waals surface area contributed by atoms with Crippen LogP contribution in [0, 0.1) is 6.92 Å². The van der Waals surface area contributed by atoms with E-state index in [4.69, 9.17) is 10.6 Å². The van der Waals surface area contributed by atoms with Crippen LogP contribution < -0.4 is 20.9 Å². The number of carbonyl (C=O) groups excluding carboxylic acids is 1. The fourth-order valence-corrected chi connectivity index (χ4v) is 2.08. The van der Waals surface area contributed by atoms with E-state index in [0.717, 1.165) is 11.3 Å². The van der Waals surface area contributed by atoms with Crippen molar-refractivity contribution in [2.24, 2.45) is 5.84 Å². The maximum Gasteiger partial charge on any atom is 0.260 e. The van der Waals surface area contributed by atoms with E-state index in [1.807, 2.05) is 43.3 Å². The van der Waals surface area contributed by atoms with Gasteiger partial charge in [0.05, 0.1) is 18.4 Å². The van der Waals surface area contributed by atoms with Crippen molar-refractivity contribution in [3.8, 4) is 5.75 Å². The minimum absolute atomic E-state index is 0.142. The lowest BCUT2D eigenvalue weighted by Gasteiger charge is -2.20. The molecule has 3 N–H and O–H groups in total. The lowest BCUT2D eigenvalue weighted by atomic mass is 10.1. The van der Waals surface area contributed by atoms with E-state index in [1.165, 1.54) is 0 Å². The number of nitrogens with two attached hydrogens (primary N) is 1. The predicted octanol–water partition coefficient (Wildman–Crippen LogP) is 2.57. The Morgan fingerprint density at radius 3 is 2.67 bits per heavy atom. The number of nitrogens with one attached hydrogen (secondary N) is 1. The Hall–Kier alpha value is -2.53. The van der Waals surface area contributed by atoms with Gasteiger partial charge in [-0.05, 0) is 36.8 Å². The molecule has 0 aliphatic heterocycles. The summed E-state index contributed by atoms with van der Waals surface area (Å²) < 4.78 is 5.18. The molecule has 5 nitrogen and oxygen atoms in total. The van der Waals surface area contributed by atoms with Crippen LogP contribution in [0.25, 0.3) is 0 Å². The number of nitrogens with zero attached hydrogens (tertiary/aromatic N) is 1. The molecule has 0 atom stereocenters. The van der Waals surface area contributed by atoms with Gasteiger partial charge >= 0.3 is 0 Å². The van der Waals surface area contributed by atoms with Crippen molar-refractivity contribution in [2.45, 2.75) is 6.92 Å². The zero-order valence-corrected chi connectivity index (χ0v) is 12.4. The number of methoxy groups -OCH3 is 1. The molecule has 0 spiro atoms. The number of anilines is 2. The van der Waals surface area contributed by atoms with Gasteiger partial charge in [-0.3, -0.25) is 10.6 Å². The van der Waals surface area contributed by atoms with Gasteiger partial charge in [-0.2, -0.15) is 0 Å². The Morgan fingerprint density at radius 1 is 1.24 bits per heavy atom. The molecule has 0 bridgehead atoms. The molecule has 5 heteroatoms. The van der Waals surface area contributed by atoms with Crippen molar-refractivity contribution in [2.75, 3.05) is 24.5 Å². The van der Waals surface area contributed by atoms with Crippen molar-refractivity contribution >= 4 is 17.3 Å². The standard InChI is InChI=1S/C16H19N3O2/c1-11-7-8-14(15(9-11)18-17)16(20)19(2)12-5-4-6-13(10-12)21-3/h4-10,18H,17H2,1-3H3. The molecule has 0 saturated heterocycles. The van der Waals surface area contributed by atoms with Crippen LogP contribution in [0.4, 0.5) is 11.4 Å². The van der Waals surface area contributed by atoms with Crippen LogP contribution in [-0.4, -0.2) is 20.1 Å². The molecule has 0 heterocycles. The van der Waals surface area contributed by atoms with E-state index in [9.17, 15) is 4.79 Å². The van der Waals surface area contributed by atoms with E-state index in [0.29, 0.717) is 17.0 Å². The molecule has 2 aromatic carbocycles. The Labute approximate surface area is 124 Å². The summed E-state index contributed by atoms with van der Waals surface area (Å²) in [5.74, 6) is 6.06. The van der Waals surface area contributed by atoms with E-state index in [2.05, 4.69) is 5.43 Å². The van der Waals surface area contributed by atoms with Crippen molar-refractivity contribution in [3.63, 3.8) is 0 Å². The average Bonchev–Trinajstić information content (AvgIpc) is 2.53. The van der Waals surface area contributed by atoms with Gasteiger partial charge in [-0.25, -0.2) is 0 Å². The van der Waals surface area contributed by atoms with Gasteiger partial charge < -0.3 is 15.1 Å². The largest absolute Gasteiger partial charge is 0.497 e. The molecule has 21 heavy (non-hydrogen) atoms. The normalized spacial score (nSPS) is 10.1. The van der Waals surface area contributed by atoms with Crippen molar-refractivity contribution in [1.82, 2.24) is 0 Å². The van der Waals surface area contributed by atoms with Crippen LogP contribution in [0.3, 0.4) is 0 Å². The molecule has 110 valence electrons. The number of ether oxygens (including phenoxy) is 1. The number of amides is 1. The average molecular weight is 285 g/mol. The highest BCUT2D eigenvalue weighted by Crippen LogP contribution is 2.24. The lowest BCUT2D eigenvalue weighted by Crippen LogP contribution is -2.27. The Kier molecular flexibility index (Phi) is 4.45. The molecule has 0 aromatic heterocycles. The fourth-order valence-electron chi connectivity index (χ4n) is 2.08. The molecular formula is C16H19N3O2. The molecule has 0 unspecified atom stereocenters.